The molecule has 6 unspecified atom stereocenters. The largest absolute Gasteiger partial charge is 0.507 e. The number of carbonyl (C=O) groups is 4. The summed E-state index contributed by atoms with van der Waals surface area (Å²) < 4.78 is 13.9. The van der Waals surface area contributed by atoms with E-state index in [1.54, 1.807) is 60.7 Å². The van der Waals surface area contributed by atoms with E-state index in [-0.39, 0.29) is 30.2 Å². The predicted octanol–water partition coefficient (Wildman–Crippen LogP) is 6.45. The van der Waals surface area contributed by atoms with Crippen LogP contribution in [0.3, 0.4) is 0 Å². The lowest BCUT2D eigenvalue weighted by Gasteiger charge is -2.51. The second kappa shape index (κ2) is 9.98. The first kappa shape index (κ1) is 28.9. The number of nitrogens with zero attached hydrogens (tertiary/aromatic N) is 2. The SMILES string of the molecule is O=C1C2CC=C3C(CC4(Cl)C(=O)N(c5ccc(F)cc5)C(=O)C4(Cl)C3c3ccc(O)c4ccccc34)C2C(=O)N1c1ccccc1. The Hall–Kier alpha value is -4.53. The van der Waals surface area contributed by atoms with Crippen molar-refractivity contribution in [1.82, 2.24) is 0 Å². The first-order valence-corrected chi connectivity index (χ1v) is 15.7. The molecule has 0 spiro atoms. The fraction of sp³-hybridized carbons (Fsp3) is 0.222. The summed E-state index contributed by atoms with van der Waals surface area (Å²) in [4.78, 5) is 55.0. The Bertz CT molecular complexity index is 2040. The van der Waals surface area contributed by atoms with Crippen molar-refractivity contribution in [3.05, 3.63) is 114 Å². The molecule has 8 rings (SSSR count). The number of anilines is 2. The molecule has 0 radical (unpaired) electrons. The highest BCUT2D eigenvalue weighted by Crippen LogP contribution is 2.66. The number of benzene rings is 4. The lowest BCUT2D eigenvalue weighted by Crippen LogP contribution is -2.60. The van der Waals surface area contributed by atoms with Crippen molar-refractivity contribution in [3.8, 4) is 5.75 Å². The van der Waals surface area contributed by atoms with Crippen LogP contribution in [0.25, 0.3) is 10.8 Å². The number of hydrogen-bond acceptors (Lipinski definition) is 5. The summed E-state index contributed by atoms with van der Waals surface area (Å²) in [5.41, 5.74) is 1.74. The molecule has 2 heterocycles. The van der Waals surface area contributed by atoms with Gasteiger partial charge in [-0.15, -0.1) is 23.2 Å². The highest BCUT2D eigenvalue weighted by atomic mass is 35.5. The van der Waals surface area contributed by atoms with Gasteiger partial charge in [0.15, 0.2) is 9.75 Å². The molecule has 0 bridgehead atoms. The maximum Gasteiger partial charge on any atom is 0.258 e. The predicted molar refractivity (Wildman–Crippen MR) is 171 cm³/mol. The topological polar surface area (TPSA) is 95.0 Å². The highest BCUT2D eigenvalue weighted by molar-refractivity contribution is 6.58. The van der Waals surface area contributed by atoms with Crippen LogP contribution in [-0.2, 0) is 19.2 Å². The molecule has 6 atom stereocenters. The van der Waals surface area contributed by atoms with Crippen LogP contribution in [-0.4, -0.2) is 38.5 Å². The Morgan fingerprint density at radius 3 is 2.09 bits per heavy atom. The molecule has 3 fully saturated rings. The number of phenolic OH excluding ortho intramolecular Hbond substituents is 1. The summed E-state index contributed by atoms with van der Waals surface area (Å²) >= 11 is 14.9. The molecule has 0 aromatic heterocycles. The van der Waals surface area contributed by atoms with E-state index in [2.05, 4.69) is 0 Å². The average Bonchev–Trinajstić information content (AvgIpc) is 3.40. The van der Waals surface area contributed by atoms with Crippen molar-refractivity contribution in [1.29, 1.82) is 0 Å². The summed E-state index contributed by atoms with van der Waals surface area (Å²) in [6.07, 6.45) is 1.92. The Morgan fingerprint density at radius 1 is 0.717 bits per heavy atom. The molecular formula is C36H25Cl2FN2O5. The zero-order valence-electron chi connectivity index (χ0n) is 24.1. The van der Waals surface area contributed by atoms with Crippen LogP contribution in [0.15, 0.2) is 103 Å². The number of phenols is 1. The molecule has 230 valence electrons. The third kappa shape index (κ3) is 3.65. The molecule has 1 saturated carbocycles. The molecule has 2 saturated heterocycles. The van der Waals surface area contributed by atoms with Crippen LogP contribution in [0.5, 0.6) is 5.75 Å². The molecule has 7 nitrogen and oxygen atoms in total. The van der Waals surface area contributed by atoms with Crippen molar-refractivity contribution < 1.29 is 28.7 Å². The lowest BCUT2D eigenvalue weighted by atomic mass is 9.56. The van der Waals surface area contributed by atoms with E-state index in [9.17, 15) is 28.7 Å². The van der Waals surface area contributed by atoms with E-state index in [0.29, 0.717) is 27.6 Å². The van der Waals surface area contributed by atoms with Crippen molar-refractivity contribution in [2.24, 2.45) is 17.8 Å². The van der Waals surface area contributed by atoms with Crippen LogP contribution in [0.4, 0.5) is 15.8 Å². The fourth-order valence-corrected chi connectivity index (χ4v) is 9.06. The van der Waals surface area contributed by atoms with Gasteiger partial charge in [-0.2, -0.15) is 0 Å². The first-order valence-electron chi connectivity index (χ1n) is 14.9. The number of rotatable bonds is 3. The maximum absolute atomic E-state index is 14.6. The van der Waals surface area contributed by atoms with Crippen LogP contribution in [0.2, 0.25) is 0 Å². The molecule has 2 aliphatic carbocycles. The molecule has 46 heavy (non-hydrogen) atoms. The number of amides is 4. The van der Waals surface area contributed by atoms with Crippen molar-refractivity contribution >= 4 is 69.0 Å². The van der Waals surface area contributed by atoms with Crippen molar-refractivity contribution in [2.75, 3.05) is 9.80 Å². The second-order valence-corrected chi connectivity index (χ2v) is 13.6. The number of para-hydroxylation sites is 1. The summed E-state index contributed by atoms with van der Waals surface area (Å²) in [5, 5.41) is 11.8. The van der Waals surface area contributed by atoms with Gasteiger partial charge in [0.25, 0.3) is 11.8 Å². The molecule has 2 aliphatic heterocycles. The van der Waals surface area contributed by atoms with Gasteiger partial charge in [0.1, 0.15) is 11.6 Å². The minimum atomic E-state index is -2.07. The van der Waals surface area contributed by atoms with Crippen molar-refractivity contribution in [2.45, 2.75) is 28.5 Å². The monoisotopic (exact) mass is 654 g/mol. The first-order chi connectivity index (χ1) is 22.1. The number of allylic oxidation sites excluding steroid dienone is 2. The third-order valence-corrected chi connectivity index (χ3v) is 11.6. The van der Waals surface area contributed by atoms with Gasteiger partial charge in [0, 0.05) is 11.3 Å². The van der Waals surface area contributed by atoms with Gasteiger partial charge < -0.3 is 5.11 Å². The van der Waals surface area contributed by atoms with Gasteiger partial charge in [0.05, 0.1) is 23.2 Å². The summed E-state index contributed by atoms with van der Waals surface area (Å²) in [5.74, 6) is -6.11. The molecule has 1 N–H and O–H groups in total. The number of carbonyl (C=O) groups excluding carboxylic acids is 4. The zero-order chi connectivity index (χ0) is 32.1. The zero-order valence-corrected chi connectivity index (χ0v) is 25.6. The van der Waals surface area contributed by atoms with Crippen molar-refractivity contribution in [3.63, 3.8) is 0 Å². The van der Waals surface area contributed by atoms with E-state index >= 15 is 0 Å². The van der Waals surface area contributed by atoms with Gasteiger partial charge >= 0.3 is 0 Å². The highest BCUT2D eigenvalue weighted by Gasteiger charge is 2.76. The number of halogens is 3. The van der Waals surface area contributed by atoms with Gasteiger partial charge in [-0.1, -0.05) is 60.2 Å². The normalized spacial score (nSPS) is 30.4. The van der Waals surface area contributed by atoms with E-state index in [1.165, 1.54) is 23.1 Å². The molecule has 4 aliphatic rings. The number of fused-ring (bicyclic) bond motifs is 5. The van der Waals surface area contributed by atoms with Crippen LogP contribution < -0.4 is 9.80 Å². The summed E-state index contributed by atoms with van der Waals surface area (Å²) in [6, 6.07) is 23.8. The Morgan fingerprint density at radius 2 is 1.37 bits per heavy atom. The minimum Gasteiger partial charge on any atom is -0.507 e. The van der Waals surface area contributed by atoms with Gasteiger partial charge in [-0.25, -0.2) is 9.29 Å². The Kier molecular flexibility index (Phi) is 6.27. The molecule has 4 aromatic rings. The van der Waals surface area contributed by atoms with E-state index in [0.717, 1.165) is 17.0 Å². The second-order valence-electron chi connectivity index (χ2n) is 12.3. The standard InChI is InChI=1S/C36H25Cl2FN2O5/c37-35-18-27-25(14-15-26-29(27)32(44)40(31(26)43)20-6-2-1-3-7-20)30(24-16-17-28(42)23-9-5-4-8-22(23)24)36(35,38)34(46)41(33(35)45)21-12-10-19(39)11-13-21/h1-14,16-17,26-27,29-30,42H,15,18H2. The molecular weight excluding hydrogens is 630 g/mol. The Labute approximate surface area is 272 Å². The number of aromatic hydroxyl groups is 1. The van der Waals surface area contributed by atoms with Gasteiger partial charge in [-0.05, 0) is 72.2 Å². The molecule has 4 aromatic carbocycles. The maximum atomic E-state index is 14.6. The lowest BCUT2D eigenvalue weighted by molar-refractivity contribution is -0.125. The number of imide groups is 2. The Balaban J connectivity index is 1.35. The third-order valence-electron chi connectivity index (χ3n) is 10.2. The summed E-state index contributed by atoms with van der Waals surface area (Å²) in [7, 11) is 0. The minimum absolute atomic E-state index is 0.0157. The summed E-state index contributed by atoms with van der Waals surface area (Å²) in [6.45, 7) is 0. The quantitative estimate of drug-likeness (QED) is 0.156. The van der Waals surface area contributed by atoms with E-state index < -0.39 is 57.0 Å². The fourth-order valence-electron chi connectivity index (χ4n) is 8.13. The number of hydrogen-bond donors (Lipinski definition) is 1. The van der Waals surface area contributed by atoms with Crippen LogP contribution >= 0.6 is 23.2 Å². The van der Waals surface area contributed by atoms with Gasteiger partial charge in [-0.3, -0.25) is 24.1 Å². The van der Waals surface area contributed by atoms with Gasteiger partial charge in [0.2, 0.25) is 11.8 Å². The van der Waals surface area contributed by atoms with E-state index in [4.69, 9.17) is 23.2 Å². The molecule has 10 heteroatoms. The number of alkyl halides is 2. The smallest absolute Gasteiger partial charge is 0.258 e. The van der Waals surface area contributed by atoms with Crippen LogP contribution in [0, 0.1) is 23.6 Å². The average molecular weight is 656 g/mol. The van der Waals surface area contributed by atoms with Crippen LogP contribution in [0.1, 0.15) is 24.3 Å². The molecule has 4 amide bonds. The van der Waals surface area contributed by atoms with E-state index in [1.807, 2.05) is 6.08 Å².